The van der Waals surface area contributed by atoms with E-state index in [2.05, 4.69) is 19.7 Å². The molecule has 1 atom stereocenters. The van der Waals surface area contributed by atoms with Gasteiger partial charge in [0.15, 0.2) is 11.4 Å². The van der Waals surface area contributed by atoms with Gasteiger partial charge in [-0.1, -0.05) is 12.1 Å². The zero-order valence-corrected chi connectivity index (χ0v) is 13.7. The molecule has 6 heteroatoms. The Morgan fingerprint density at radius 2 is 1.92 bits per heavy atom. The summed E-state index contributed by atoms with van der Waals surface area (Å²) in [6.07, 6.45) is 6.94. The van der Waals surface area contributed by atoms with Crippen LogP contribution in [-0.2, 0) is 13.0 Å². The van der Waals surface area contributed by atoms with Crippen LogP contribution in [0.15, 0.2) is 28.7 Å². The Kier molecular flexibility index (Phi) is 3.28. The summed E-state index contributed by atoms with van der Waals surface area (Å²) in [5.41, 5.74) is 1.76. The van der Waals surface area contributed by atoms with Crippen LogP contribution in [-0.4, -0.2) is 26.3 Å². The molecule has 1 aromatic carbocycles. The van der Waals surface area contributed by atoms with Gasteiger partial charge in [-0.2, -0.15) is 4.98 Å². The van der Waals surface area contributed by atoms with Gasteiger partial charge in [0, 0.05) is 19.5 Å². The molecule has 1 saturated heterocycles. The van der Waals surface area contributed by atoms with E-state index in [0.29, 0.717) is 6.01 Å². The number of rotatable bonds is 2. The number of hydrogen-bond donors (Lipinski definition) is 0. The van der Waals surface area contributed by atoms with E-state index < -0.39 is 0 Å². The Labute approximate surface area is 140 Å². The molecule has 1 unspecified atom stereocenters. The second kappa shape index (κ2) is 5.61. The lowest BCUT2D eigenvalue weighted by atomic mass is 10.0. The largest absolute Gasteiger partial charge is 0.423 e. The van der Waals surface area contributed by atoms with Crippen molar-refractivity contribution in [3.8, 4) is 0 Å². The number of aromatic nitrogens is 4. The SMILES string of the molecule is c1ccc2oc(N3CCCCC3c3nnc4n3CCCC4)nc2c1. The number of para-hydroxylation sites is 2. The first-order chi connectivity index (χ1) is 11.9. The molecule has 0 bridgehead atoms. The van der Waals surface area contributed by atoms with Crippen molar-refractivity contribution >= 4 is 17.1 Å². The van der Waals surface area contributed by atoms with Crippen LogP contribution < -0.4 is 4.90 Å². The van der Waals surface area contributed by atoms with Gasteiger partial charge >= 0.3 is 0 Å². The van der Waals surface area contributed by atoms with Gasteiger partial charge in [-0.3, -0.25) is 0 Å². The van der Waals surface area contributed by atoms with Gasteiger partial charge in [-0.25, -0.2) is 0 Å². The standard InChI is InChI=1S/C18H21N5O/c1-2-9-15-13(7-1)19-18(24-15)22-11-5-3-8-14(22)17-21-20-16-10-4-6-12-23(16)17/h1-2,7,9,14H,3-6,8,10-12H2. The van der Waals surface area contributed by atoms with Crippen molar-refractivity contribution in [3.63, 3.8) is 0 Å². The van der Waals surface area contributed by atoms with Crippen LogP contribution >= 0.6 is 0 Å². The summed E-state index contributed by atoms with van der Waals surface area (Å²) in [7, 11) is 0. The van der Waals surface area contributed by atoms with Crippen LogP contribution in [0.3, 0.4) is 0 Å². The summed E-state index contributed by atoms with van der Waals surface area (Å²) in [6.45, 7) is 2.00. The summed E-state index contributed by atoms with van der Waals surface area (Å²) < 4.78 is 8.37. The zero-order chi connectivity index (χ0) is 15.9. The third-order valence-electron chi connectivity index (χ3n) is 5.22. The van der Waals surface area contributed by atoms with Crippen LogP contribution in [0.5, 0.6) is 0 Å². The Bertz CT molecular complexity index is 834. The molecule has 0 N–H and O–H groups in total. The van der Waals surface area contributed by atoms with Gasteiger partial charge in [-0.05, 0) is 44.2 Å². The van der Waals surface area contributed by atoms with E-state index >= 15 is 0 Å². The average molecular weight is 323 g/mol. The molecule has 0 radical (unpaired) electrons. The number of piperidine rings is 1. The summed E-state index contributed by atoms with van der Waals surface area (Å²) in [6, 6.07) is 8.89. The molecule has 6 nitrogen and oxygen atoms in total. The highest BCUT2D eigenvalue weighted by molar-refractivity contribution is 5.74. The summed E-state index contributed by atoms with van der Waals surface area (Å²) >= 11 is 0. The summed E-state index contributed by atoms with van der Waals surface area (Å²) in [4.78, 5) is 7.00. The molecule has 0 amide bonds. The smallest absolute Gasteiger partial charge is 0.299 e. The Morgan fingerprint density at radius 1 is 1.00 bits per heavy atom. The molecular weight excluding hydrogens is 302 g/mol. The van der Waals surface area contributed by atoms with Crippen molar-refractivity contribution in [2.45, 2.75) is 51.1 Å². The number of benzene rings is 1. The van der Waals surface area contributed by atoms with E-state index in [9.17, 15) is 0 Å². The first-order valence-electron chi connectivity index (χ1n) is 8.94. The number of aryl methyl sites for hydroxylation is 1. The maximum atomic E-state index is 6.04. The third-order valence-corrected chi connectivity index (χ3v) is 5.22. The minimum Gasteiger partial charge on any atom is -0.423 e. The van der Waals surface area contributed by atoms with Crippen molar-refractivity contribution in [3.05, 3.63) is 35.9 Å². The maximum absolute atomic E-state index is 6.04. The van der Waals surface area contributed by atoms with E-state index in [-0.39, 0.29) is 6.04 Å². The number of fused-ring (bicyclic) bond motifs is 2. The highest BCUT2D eigenvalue weighted by atomic mass is 16.4. The normalized spacial score (nSPS) is 21.2. The lowest BCUT2D eigenvalue weighted by Crippen LogP contribution is -2.35. The van der Waals surface area contributed by atoms with E-state index in [4.69, 9.17) is 9.40 Å². The molecule has 5 rings (SSSR count). The van der Waals surface area contributed by atoms with Gasteiger partial charge in [-0.15, -0.1) is 10.2 Å². The molecule has 0 aliphatic carbocycles. The minimum absolute atomic E-state index is 0.214. The molecule has 1 fully saturated rings. The molecule has 2 aliphatic rings. The number of hydrogen-bond acceptors (Lipinski definition) is 5. The van der Waals surface area contributed by atoms with Gasteiger partial charge in [0.1, 0.15) is 11.3 Å². The van der Waals surface area contributed by atoms with Crippen molar-refractivity contribution in [1.82, 2.24) is 19.7 Å². The van der Waals surface area contributed by atoms with E-state index in [1.165, 1.54) is 19.3 Å². The average Bonchev–Trinajstić information content (AvgIpc) is 3.26. The van der Waals surface area contributed by atoms with E-state index in [0.717, 1.165) is 55.1 Å². The highest BCUT2D eigenvalue weighted by Crippen LogP contribution is 2.36. The van der Waals surface area contributed by atoms with Crippen LogP contribution in [0.25, 0.3) is 11.1 Å². The van der Waals surface area contributed by atoms with Crippen LogP contribution in [0.4, 0.5) is 6.01 Å². The van der Waals surface area contributed by atoms with E-state index in [1.54, 1.807) is 0 Å². The quantitative estimate of drug-likeness (QED) is 0.722. The molecule has 0 saturated carbocycles. The molecule has 124 valence electrons. The number of nitrogens with zero attached hydrogens (tertiary/aromatic N) is 5. The maximum Gasteiger partial charge on any atom is 0.299 e. The fourth-order valence-corrected chi connectivity index (χ4v) is 3.99. The second-order valence-electron chi connectivity index (χ2n) is 6.75. The van der Waals surface area contributed by atoms with Crippen LogP contribution in [0, 0.1) is 0 Å². The van der Waals surface area contributed by atoms with Crippen molar-refractivity contribution < 1.29 is 4.42 Å². The topological polar surface area (TPSA) is 60.0 Å². The molecule has 0 spiro atoms. The monoisotopic (exact) mass is 323 g/mol. The van der Waals surface area contributed by atoms with Gasteiger partial charge in [0.05, 0.1) is 6.04 Å². The highest BCUT2D eigenvalue weighted by Gasteiger charge is 2.32. The fraction of sp³-hybridized carbons (Fsp3) is 0.500. The third kappa shape index (κ3) is 2.20. The number of oxazole rings is 1. The first-order valence-corrected chi connectivity index (χ1v) is 8.94. The number of anilines is 1. The fourth-order valence-electron chi connectivity index (χ4n) is 3.99. The van der Waals surface area contributed by atoms with Gasteiger partial charge in [0.2, 0.25) is 0 Å². The van der Waals surface area contributed by atoms with Gasteiger partial charge < -0.3 is 13.9 Å². The van der Waals surface area contributed by atoms with Crippen molar-refractivity contribution in [2.24, 2.45) is 0 Å². The molecule has 2 aliphatic heterocycles. The van der Waals surface area contributed by atoms with Crippen LogP contribution in [0.1, 0.15) is 49.8 Å². The van der Waals surface area contributed by atoms with Gasteiger partial charge in [0.25, 0.3) is 6.01 Å². The van der Waals surface area contributed by atoms with E-state index in [1.807, 2.05) is 24.3 Å². The Hall–Kier alpha value is -2.37. The molecular formula is C18H21N5O. The van der Waals surface area contributed by atoms with Crippen LogP contribution in [0.2, 0.25) is 0 Å². The summed E-state index contributed by atoms with van der Waals surface area (Å²) in [5.74, 6) is 2.23. The van der Waals surface area contributed by atoms with Crippen molar-refractivity contribution in [1.29, 1.82) is 0 Å². The molecule has 4 heterocycles. The summed E-state index contributed by atoms with van der Waals surface area (Å²) in [5, 5.41) is 8.99. The lowest BCUT2D eigenvalue weighted by molar-refractivity contribution is 0.399. The molecule has 3 aromatic rings. The van der Waals surface area contributed by atoms with Crippen molar-refractivity contribution in [2.75, 3.05) is 11.4 Å². The predicted molar refractivity (Wildman–Crippen MR) is 90.9 cm³/mol. The predicted octanol–water partition coefficient (Wildman–Crippen LogP) is 3.49. The molecule has 24 heavy (non-hydrogen) atoms. The Balaban J connectivity index is 1.55. The first kappa shape index (κ1) is 14.0. The minimum atomic E-state index is 0.214. The zero-order valence-electron chi connectivity index (χ0n) is 13.7. The molecule has 2 aromatic heterocycles. The lowest BCUT2D eigenvalue weighted by Gasteiger charge is -2.34. The second-order valence-corrected chi connectivity index (χ2v) is 6.75. The Morgan fingerprint density at radius 3 is 2.88 bits per heavy atom.